The van der Waals surface area contributed by atoms with Crippen LogP contribution in [0.15, 0.2) is 35.3 Å². The fraction of sp³-hybridized carbons (Fsp3) is 0.200. The van der Waals surface area contributed by atoms with Crippen molar-refractivity contribution in [2.24, 2.45) is 5.73 Å². The molecule has 0 fully saturated rings. The molecule has 2 N–H and O–H groups in total. The Morgan fingerprint density at radius 2 is 2.21 bits per heavy atom. The van der Waals surface area contributed by atoms with Gasteiger partial charge in [0.2, 0.25) is 0 Å². The minimum absolute atomic E-state index is 0. The molecule has 0 aliphatic rings. The molecule has 1 aromatic rings. The van der Waals surface area contributed by atoms with Crippen LogP contribution in [0.5, 0.6) is 5.75 Å². The number of hydrogen-bond acceptors (Lipinski definition) is 2. The number of nitrogens with two attached hydrogens (primary N) is 1. The highest BCUT2D eigenvalue weighted by atomic mass is 79.9. The Bertz CT molecular complexity index is 317. The van der Waals surface area contributed by atoms with Crippen LogP contribution in [0.1, 0.15) is 11.6 Å². The van der Waals surface area contributed by atoms with E-state index in [0.717, 1.165) is 15.8 Å². The molecule has 4 heteroatoms. The molecule has 0 heterocycles. The summed E-state index contributed by atoms with van der Waals surface area (Å²) in [5.74, 6) is 0.806. The van der Waals surface area contributed by atoms with Crippen LogP contribution in [-0.4, -0.2) is 7.11 Å². The van der Waals surface area contributed by atoms with E-state index in [4.69, 9.17) is 10.5 Å². The first kappa shape index (κ1) is 13.5. The minimum Gasteiger partial charge on any atom is -0.496 e. The molecule has 0 saturated carbocycles. The second kappa shape index (κ2) is 6.06. The number of benzene rings is 1. The molecular weight excluding hydrogens is 265 g/mol. The molecule has 0 radical (unpaired) electrons. The van der Waals surface area contributed by atoms with Crippen molar-refractivity contribution in [3.8, 4) is 5.75 Å². The SMILES string of the molecule is C=C[C@@H](N)c1ccc(OC)c(Br)c1.Cl. The van der Waals surface area contributed by atoms with E-state index in [2.05, 4.69) is 22.5 Å². The van der Waals surface area contributed by atoms with Gasteiger partial charge in [0, 0.05) is 6.04 Å². The maximum atomic E-state index is 5.77. The van der Waals surface area contributed by atoms with Gasteiger partial charge in [0.25, 0.3) is 0 Å². The van der Waals surface area contributed by atoms with Crippen LogP contribution >= 0.6 is 28.3 Å². The standard InChI is InChI=1S/C10H12BrNO.ClH/c1-3-9(12)7-4-5-10(13-2)8(11)6-7;/h3-6,9H,1,12H2,2H3;1H/t9-;/m1./s1. The van der Waals surface area contributed by atoms with Gasteiger partial charge in [0.15, 0.2) is 0 Å². The van der Waals surface area contributed by atoms with Crippen LogP contribution in [0.2, 0.25) is 0 Å². The van der Waals surface area contributed by atoms with Crippen molar-refractivity contribution in [1.82, 2.24) is 0 Å². The van der Waals surface area contributed by atoms with E-state index in [-0.39, 0.29) is 18.4 Å². The van der Waals surface area contributed by atoms with E-state index in [1.54, 1.807) is 13.2 Å². The molecule has 0 aromatic heterocycles. The lowest BCUT2D eigenvalue weighted by atomic mass is 10.1. The lowest BCUT2D eigenvalue weighted by Gasteiger charge is -2.09. The first-order chi connectivity index (χ1) is 6.19. The Balaban J connectivity index is 0.00000169. The molecule has 78 valence electrons. The smallest absolute Gasteiger partial charge is 0.133 e. The van der Waals surface area contributed by atoms with E-state index in [1.807, 2.05) is 18.2 Å². The Labute approximate surface area is 98.7 Å². The second-order valence-electron chi connectivity index (χ2n) is 2.66. The van der Waals surface area contributed by atoms with Crippen LogP contribution in [0, 0.1) is 0 Å². The molecule has 14 heavy (non-hydrogen) atoms. The number of rotatable bonds is 3. The van der Waals surface area contributed by atoms with E-state index in [9.17, 15) is 0 Å². The molecule has 0 amide bonds. The molecule has 2 nitrogen and oxygen atoms in total. The Morgan fingerprint density at radius 1 is 1.57 bits per heavy atom. The third kappa shape index (κ3) is 3.01. The maximum absolute atomic E-state index is 5.77. The summed E-state index contributed by atoms with van der Waals surface area (Å²) >= 11 is 3.39. The second-order valence-corrected chi connectivity index (χ2v) is 3.51. The van der Waals surface area contributed by atoms with Crippen molar-refractivity contribution >= 4 is 28.3 Å². The zero-order valence-electron chi connectivity index (χ0n) is 7.87. The van der Waals surface area contributed by atoms with Crippen LogP contribution in [0.3, 0.4) is 0 Å². The molecule has 0 aliphatic heterocycles. The fourth-order valence-corrected chi connectivity index (χ4v) is 1.58. The summed E-state index contributed by atoms with van der Waals surface area (Å²) in [5, 5.41) is 0. The minimum atomic E-state index is -0.123. The van der Waals surface area contributed by atoms with Crippen molar-refractivity contribution < 1.29 is 4.74 Å². The van der Waals surface area contributed by atoms with Gasteiger partial charge < -0.3 is 10.5 Å². The van der Waals surface area contributed by atoms with E-state index >= 15 is 0 Å². The summed E-state index contributed by atoms with van der Waals surface area (Å²) < 4.78 is 6.01. The summed E-state index contributed by atoms with van der Waals surface area (Å²) in [4.78, 5) is 0. The largest absolute Gasteiger partial charge is 0.496 e. The lowest BCUT2D eigenvalue weighted by molar-refractivity contribution is 0.412. The zero-order chi connectivity index (χ0) is 9.84. The van der Waals surface area contributed by atoms with Crippen molar-refractivity contribution in [3.05, 3.63) is 40.9 Å². The van der Waals surface area contributed by atoms with Gasteiger partial charge in [-0.2, -0.15) is 0 Å². The van der Waals surface area contributed by atoms with Crippen molar-refractivity contribution in [3.63, 3.8) is 0 Å². The number of methoxy groups -OCH3 is 1. The molecule has 1 atom stereocenters. The Kier molecular flexibility index (Phi) is 5.84. The molecule has 0 aliphatic carbocycles. The van der Waals surface area contributed by atoms with Gasteiger partial charge in [-0.3, -0.25) is 0 Å². The molecule has 1 aromatic carbocycles. The topological polar surface area (TPSA) is 35.2 Å². The van der Waals surface area contributed by atoms with E-state index < -0.39 is 0 Å². The van der Waals surface area contributed by atoms with Crippen LogP contribution in [0.4, 0.5) is 0 Å². The molecule has 0 spiro atoms. The van der Waals surface area contributed by atoms with Gasteiger partial charge in [0.05, 0.1) is 11.6 Å². The summed E-state index contributed by atoms with van der Waals surface area (Å²) in [7, 11) is 1.63. The third-order valence-corrected chi connectivity index (χ3v) is 2.43. The predicted molar refractivity (Wildman–Crippen MR) is 65.1 cm³/mol. The highest BCUT2D eigenvalue weighted by Gasteiger charge is 2.04. The van der Waals surface area contributed by atoms with Gasteiger partial charge in [-0.05, 0) is 33.6 Å². The average Bonchev–Trinajstić information content (AvgIpc) is 2.16. The van der Waals surface area contributed by atoms with E-state index in [1.165, 1.54) is 0 Å². The number of ether oxygens (including phenoxy) is 1. The summed E-state index contributed by atoms with van der Waals surface area (Å²) in [6.07, 6.45) is 1.70. The molecule has 0 bridgehead atoms. The quantitative estimate of drug-likeness (QED) is 0.863. The Hall–Kier alpha value is -0.510. The van der Waals surface area contributed by atoms with Gasteiger partial charge in [-0.15, -0.1) is 19.0 Å². The van der Waals surface area contributed by atoms with Crippen molar-refractivity contribution in [2.45, 2.75) is 6.04 Å². The summed E-state index contributed by atoms with van der Waals surface area (Å²) in [5.41, 5.74) is 6.79. The van der Waals surface area contributed by atoms with Crippen LogP contribution < -0.4 is 10.5 Å². The van der Waals surface area contributed by atoms with Crippen LogP contribution in [-0.2, 0) is 0 Å². The predicted octanol–water partition coefficient (Wildman–Crippen LogP) is 3.07. The third-order valence-electron chi connectivity index (χ3n) is 1.81. The molecule has 1 rings (SSSR count). The lowest BCUT2D eigenvalue weighted by Crippen LogP contribution is -2.06. The first-order valence-electron chi connectivity index (χ1n) is 3.90. The van der Waals surface area contributed by atoms with E-state index in [0.29, 0.717) is 0 Å². The normalized spacial score (nSPS) is 11.4. The van der Waals surface area contributed by atoms with Gasteiger partial charge in [0.1, 0.15) is 5.75 Å². The van der Waals surface area contributed by atoms with Gasteiger partial charge >= 0.3 is 0 Å². The molecule has 0 unspecified atom stereocenters. The number of hydrogen-bond donors (Lipinski definition) is 1. The zero-order valence-corrected chi connectivity index (χ0v) is 10.3. The highest BCUT2D eigenvalue weighted by Crippen LogP contribution is 2.27. The van der Waals surface area contributed by atoms with Crippen molar-refractivity contribution in [2.75, 3.05) is 7.11 Å². The highest BCUT2D eigenvalue weighted by molar-refractivity contribution is 9.10. The number of halogens is 2. The first-order valence-corrected chi connectivity index (χ1v) is 4.70. The van der Waals surface area contributed by atoms with Crippen LogP contribution in [0.25, 0.3) is 0 Å². The summed E-state index contributed by atoms with van der Waals surface area (Å²) in [6, 6.07) is 5.62. The summed E-state index contributed by atoms with van der Waals surface area (Å²) in [6.45, 7) is 3.64. The maximum Gasteiger partial charge on any atom is 0.133 e. The monoisotopic (exact) mass is 277 g/mol. The van der Waals surface area contributed by atoms with Crippen molar-refractivity contribution in [1.29, 1.82) is 0 Å². The molecular formula is C10H13BrClNO. The molecule has 0 saturated heterocycles. The van der Waals surface area contributed by atoms with Gasteiger partial charge in [-0.1, -0.05) is 12.1 Å². The average molecular weight is 279 g/mol. The fourth-order valence-electron chi connectivity index (χ4n) is 1.03. The Morgan fingerprint density at radius 3 is 2.64 bits per heavy atom. The van der Waals surface area contributed by atoms with Gasteiger partial charge in [-0.25, -0.2) is 0 Å².